The Bertz CT molecular complexity index is 719. The van der Waals surface area contributed by atoms with Crippen LogP contribution in [0, 0.1) is 0 Å². The fourth-order valence-corrected chi connectivity index (χ4v) is 2.32. The van der Waals surface area contributed by atoms with Gasteiger partial charge in [0.05, 0.1) is 0 Å². The standard InChI is InChI=1S/C14H16N6/c1-2-20-11(6-5-10-4-3-7-16-8-10)19-12-13(15)17-9-18-14(12)20/h3-4,7-9H,2,5-6H2,1H3,(H2,15,17,18). The average Bonchev–Trinajstić information content (AvgIpc) is 2.85. The maximum Gasteiger partial charge on any atom is 0.165 e. The normalized spacial score (nSPS) is 11.1. The van der Waals surface area contributed by atoms with Gasteiger partial charge in [-0.25, -0.2) is 15.0 Å². The van der Waals surface area contributed by atoms with Crippen molar-refractivity contribution in [2.75, 3.05) is 5.73 Å². The van der Waals surface area contributed by atoms with Crippen LogP contribution in [-0.2, 0) is 19.4 Å². The third-order valence-corrected chi connectivity index (χ3v) is 3.32. The highest BCUT2D eigenvalue weighted by Gasteiger charge is 2.13. The van der Waals surface area contributed by atoms with Gasteiger partial charge in [0.15, 0.2) is 17.0 Å². The highest BCUT2D eigenvalue weighted by molar-refractivity contribution is 5.81. The van der Waals surface area contributed by atoms with Crippen LogP contribution in [0.5, 0.6) is 0 Å². The van der Waals surface area contributed by atoms with Crippen LogP contribution in [0.15, 0.2) is 30.9 Å². The van der Waals surface area contributed by atoms with E-state index in [9.17, 15) is 0 Å². The second-order valence-corrected chi connectivity index (χ2v) is 4.56. The highest BCUT2D eigenvalue weighted by Crippen LogP contribution is 2.18. The first-order valence-electron chi connectivity index (χ1n) is 6.64. The summed E-state index contributed by atoms with van der Waals surface area (Å²) in [5, 5.41) is 0. The first-order chi connectivity index (χ1) is 9.79. The van der Waals surface area contributed by atoms with E-state index in [1.54, 1.807) is 6.20 Å². The number of fused-ring (bicyclic) bond motifs is 1. The van der Waals surface area contributed by atoms with Crippen molar-refractivity contribution in [3.05, 3.63) is 42.2 Å². The average molecular weight is 268 g/mol. The van der Waals surface area contributed by atoms with Gasteiger partial charge in [0.2, 0.25) is 0 Å². The SMILES string of the molecule is CCn1c(CCc2cccnc2)nc2c(N)ncnc21. The number of hydrogen-bond acceptors (Lipinski definition) is 5. The van der Waals surface area contributed by atoms with Crippen LogP contribution in [0.3, 0.4) is 0 Å². The van der Waals surface area contributed by atoms with Gasteiger partial charge in [0.1, 0.15) is 12.2 Å². The van der Waals surface area contributed by atoms with Gasteiger partial charge in [-0.2, -0.15) is 0 Å². The Morgan fingerprint density at radius 2 is 2.15 bits per heavy atom. The molecule has 0 amide bonds. The number of aromatic nitrogens is 5. The molecule has 0 atom stereocenters. The van der Waals surface area contributed by atoms with E-state index >= 15 is 0 Å². The molecule has 3 rings (SSSR count). The Labute approximate surface area is 116 Å². The third-order valence-electron chi connectivity index (χ3n) is 3.32. The van der Waals surface area contributed by atoms with Crippen LogP contribution in [0.4, 0.5) is 5.82 Å². The molecule has 3 aromatic heterocycles. The van der Waals surface area contributed by atoms with E-state index in [0.29, 0.717) is 11.3 Å². The molecule has 3 heterocycles. The van der Waals surface area contributed by atoms with Gasteiger partial charge in [0, 0.05) is 25.4 Å². The largest absolute Gasteiger partial charge is 0.382 e. The first-order valence-corrected chi connectivity index (χ1v) is 6.64. The summed E-state index contributed by atoms with van der Waals surface area (Å²) in [4.78, 5) is 17.0. The molecular formula is C14H16N6. The van der Waals surface area contributed by atoms with Crippen molar-refractivity contribution in [1.82, 2.24) is 24.5 Å². The number of rotatable bonds is 4. The molecule has 6 heteroatoms. The van der Waals surface area contributed by atoms with Crippen molar-refractivity contribution in [3.63, 3.8) is 0 Å². The predicted octanol–water partition coefficient (Wildman–Crippen LogP) is 1.61. The predicted molar refractivity (Wildman–Crippen MR) is 77.1 cm³/mol. The van der Waals surface area contributed by atoms with E-state index in [0.717, 1.165) is 30.9 Å². The van der Waals surface area contributed by atoms with E-state index in [1.807, 2.05) is 12.3 Å². The van der Waals surface area contributed by atoms with Crippen LogP contribution in [-0.4, -0.2) is 24.5 Å². The van der Waals surface area contributed by atoms with Gasteiger partial charge >= 0.3 is 0 Å². The lowest BCUT2D eigenvalue weighted by atomic mass is 10.1. The number of imidazole rings is 1. The lowest BCUT2D eigenvalue weighted by Crippen LogP contribution is -2.04. The summed E-state index contributed by atoms with van der Waals surface area (Å²) in [5.41, 5.74) is 8.56. The van der Waals surface area contributed by atoms with E-state index in [-0.39, 0.29) is 0 Å². The second kappa shape index (κ2) is 5.24. The molecule has 0 aliphatic carbocycles. The zero-order valence-electron chi connectivity index (χ0n) is 11.3. The van der Waals surface area contributed by atoms with Crippen LogP contribution >= 0.6 is 0 Å². The lowest BCUT2D eigenvalue weighted by molar-refractivity contribution is 0.701. The summed E-state index contributed by atoms with van der Waals surface area (Å²) in [5.74, 6) is 1.42. The van der Waals surface area contributed by atoms with Gasteiger partial charge in [-0.3, -0.25) is 4.98 Å². The number of nitrogens with zero attached hydrogens (tertiary/aromatic N) is 5. The Hall–Kier alpha value is -2.50. The van der Waals surface area contributed by atoms with Crippen LogP contribution in [0.1, 0.15) is 18.3 Å². The van der Waals surface area contributed by atoms with E-state index in [1.165, 1.54) is 11.9 Å². The molecule has 0 aliphatic heterocycles. The smallest absolute Gasteiger partial charge is 0.165 e. The number of nitrogen functional groups attached to an aromatic ring is 1. The Balaban J connectivity index is 1.93. The van der Waals surface area contributed by atoms with Crippen molar-refractivity contribution in [3.8, 4) is 0 Å². The molecule has 0 bridgehead atoms. The van der Waals surface area contributed by atoms with Gasteiger partial charge < -0.3 is 10.3 Å². The molecule has 0 spiro atoms. The van der Waals surface area contributed by atoms with Crippen LogP contribution in [0.25, 0.3) is 11.2 Å². The monoisotopic (exact) mass is 268 g/mol. The highest BCUT2D eigenvalue weighted by atomic mass is 15.1. The zero-order chi connectivity index (χ0) is 13.9. The second-order valence-electron chi connectivity index (χ2n) is 4.56. The van der Waals surface area contributed by atoms with Gasteiger partial charge in [-0.15, -0.1) is 0 Å². The Morgan fingerprint density at radius 3 is 2.90 bits per heavy atom. The Kier molecular flexibility index (Phi) is 3.28. The van der Waals surface area contributed by atoms with E-state index < -0.39 is 0 Å². The number of anilines is 1. The number of nitrogens with two attached hydrogens (primary N) is 1. The molecule has 102 valence electrons. The first kappa shape index (κ1) is 12.5. The van der Waals surface area contributed by atoms with Crippen molar-refractivity contribution in [2.45, 2.75) is 26.3 Å². The summed E-state index contributed by atoms with van der Waals surface area (Å²) in [6.45, 7) is 2.89. The summed E-state index contributed by atoms with van der Waals surface area (Å²) in [6, 6.07) is 4.02. The van der Waals surface area contributed by atoms with Crippen LogP contribution < -0.4 is 5.73 Å². The van der Waals surface area contributed by atoms with Crippen molar-refractivity contribution in [2.24, 2.45) is 0 Å². The maximum absolute atomic E-state index is 5.86. The summed E-state index contributed by atoms with van der Waals surface area (Å²) < 4.78 is 2.09. The molecule has 6 nitrogen and oxygen atoms in total. The zero-order valence-corrected chi connectivity index (χ0v) is 11.3. The molecule has 3 aromatic rings. The van der Waals surface area contributed by atoms with Gasteiger partial charge in [-0.05, 0) is 25.0 Å². The molecule has 0 aromatic carbocycles. The molecule has 0 unspecified atom stereocenters. The molecule has 0 aliphatic rings. The minimum Gasteiger partial charge on any atom is -0.382 e. The summed E-state index contributed by atoms with van der Waals surface area (Å²) >= 11 is 0. The summed E-state index contributed by atoms with van der Waals surface area (Å²) in [7, 11) is 0. The van der Waals surface area contributed by atoms with Gasteiger partial charge in [0.25, 0.3) is 0 Å². The topological polar surface area (TPSA) is 82.5 Å². The van der Waals surface area contributed by atoms with Crippen molar-refractivity contribution in [1.29, 1.82) is 0 Å². The third kappa shape index (κ3) is 2.20. The van der Waals surface area contributed by atoms with Crippen LogP contribution in [0.2, 0.25) is 0 Å². The van der Waals surface area contributed by atoms with E-state index in [2.05, 4.69) is 37.5 Å². The molecular weight excluding hydrogens is 252 g/mol. The fraction of sp³-hybridized carbons (Fsp3) is 0.286. The molecule has 20 heavy (non-hydrogen) atoms. The molecule has 0 radical (unpaired) electrons. The number of hydrogen-bond donors (Lipinski definition) is 1. The number of pyridine rings is 1. The fourth-order valence-electron chi connectivity index (χ4n) is 2.32. The molecule has 0 saturated heterocycles. The lowest BCUT2D eigenvalue weighted by Gasteiger charge is -2.05. The summed E-state index contributed by atoms with van der Waals surface area (Å²) in [6.07, 6.45) is 6.87. The minimum atomic E-state index is 0.435. The quantitative estimate of drug-likeness (QED) is 0.777. The number of aryl methyl sites for hydroxylation is 3. The molecule has 2 N–H and O–H groups in total. The van der Waals surface area contributed by atoms with Gasteiger partial charge in [-0.1, -0.05) is 6.07 Å². The Morgan fingerprint density at radius 1 is 1.25 bits per heavy atom. The molecule has 0 fully saturated rings. The van der Waals surface area contributed by atoms with Crippen molar-refractivity contribution >= 4 is 17.0 Å². The molecule has 0 saturated carbocycles. The minimum absolute atomic E-state index is 0.435. The maximum atomic E-state index is 5.86. The van der Waals surface area contributed by atoms with E-state index in [4.69, 9.17) is 5.73 Å². The van der Waals surface area contributed by atoms with Crippen molar-refractivity contribution < 1.29 is 0 Å².